The number of nitrogens with zero attached hydrogens (tertiary/aromatic N) is 4. The van der Waals surface area contributed by atoms with Gasteiger partial charge in [0.2, 0.25) is 5.13 Å². The molecule has 0 spiro atoms. The van der Waals surface area contributed by atoms with E-state index in [-0.39, 0.29) is 5.91 Å². The highest BCUT2D eigenvalue weighted by Gasteiger charge is 2.11. The molecule has 2 heterocycles. The molecule has 17 heavy (non-hydrogen) atoms. The van der Waals surface area contributed by atoms with Gasteiger partial charge >= 0.3 is 0 Å². The molecule has 8 heteroatoms. The van der Waals surface area contributed by atoms with E-state index in [0.29, 0.717) is 16.0 Å². The smallest absolute Gasteiger partial charge is 0.276 e. The zero-order chi connectivity index (χ0) is 12.3. The van der Waals surface area contributed by atoms with Gasteiger partial charge in [-0.1, -0.05) is 23.1 Å². The lowest BCUT2D eigenvalue weighted by molar-refractivity contribution is 0.102. The molecule has 0 aliphatic carbocycles. The van der Waals surface area contributed by atoms with Gasteiger partial charge in [-0.3, -0.25) is 10.1 Å². The number of hydrogen-bond acceptors (Lipinski definition) is 7. The van der Waals surface area contributed by atoms with Gasteiger partial charge in [-0.2, -0.15) is 0 Å². The zero-order valence-electron chi connectivity index (χ0n) is 9.17. The van der Waals surface area contributed by atoms with Crippen molar-refractivity contribution in [3.63, 3.8) is 0 Å². The Kier molecular flexibility index (Phi) is 3.64. The first-order valence-corrected chi connectivity index (χ1v) is 6.76. The summed E-state index contributed by atoms with van der Waals surface area (Å²) >= 11 is 2.65. The van der Waals surface area contributed by atoms with Crippen LogP contribution in [0.15, 0.2) is 16.7 Å². The molecule has 0 saturated heterocycles. The quantitative estimate of drug-likeness (QED) is 0.672. The van der Waals surface area contributed by atoms with E-state index >= 15 is 0 Å². The number of nitrogens with one attached hydrogen (secondary N) is 1. The third-order valence-electron chi connectivity index (χ3n) is 1.83. The third kappa shape index (κ3) is 2.98. The normalized spacial score (nSPS) is 10.2. The van der Waals surface area contributed by atoms with Gasteiger partial charge in [0.1, 0.15) is 11.2 Å². The Labute approximate surface area is 106 Å². The van der Waals surface area contributed by atoms with Crippen molar-refractivity contribution in [1.82, 2.24) is 20.2 Å². The fraction of sp³-hybridized carbons (Fsp3) is 0.222. The predicted molar refractivity (Wildman–Crippen MR) is 66.4 cm³/mol. The number of aryl methyl sites for hydroxylation is 1. The van der Waals surface area contributed by atoms with Crippen LogP contribution in [0.5, 0.6) is 0 Å². The van der Waals surface area contributed by atoms with Gasteiger partial charge in [-0.15, -0.1) is 10.2 Å². The molecule has 2 aromatic heterocycles. The van der Waals surface area contributed by atoms with Gasteiger partial charge in [0.15, 0.2) is 5.16 Å². The highest BCUT2D eigenvalue weighted by molar-refractivity contribution is 7.98. The number of amides is 1. The van der Waals surface area contributed by atoms with E-state index in [2.05, 4.69) is 25.5 Å². The molecular weight excluding hydrogens is 258 g/mol. The molecule has 2 rings (SSSR count). The monoisotopic (exact) mass is 267 g/mol. The Balaban J connectivity index is 2.21. The van der Waals surface area contributed by atoms with Crippen molar-refractivity contribution in [1.29, 1.82) is 0 Å². The molecule has 0 unspecified atom stereocenters. The number of anilines is 1. The minimum absolute atomic E-state index is 0.303. The standard InChI is InChI=1S/C9H9N5OS2/c1-5-3-6(12-8(11-5)16-2)7(15)13-9-14-10-4-17-9/h3-4H,1-2H3,(H,13,14,15). The van der Waals surface area contributed by atoms with Crippen LogP contribution in [0.2, 0.25) is 0 Å². The zero-order valence-corrected chi connectivity index (χ0v) is 10.8. The van der Waals surface area contributed by atoms with Gasteiger partial charge in [-0.25, -0.2) is 9.97 Å². The molecule has 0 aromatic carbocycles. The maximum absolute atomic E-state index is 11.9. The van der Waals surface area contributed by atoms with E-state index in [1.807, 2.05) is 13.2 Å². The summed E-state index contributed by atoms with van der Waals surface area (Å²) in [7, 11) is 0. The van der Waals surface area contributed by atoms with Crippen molar-refractivity contribution in [2.75, 3.05) is 11.6 Å². The lowest BCUT2D eigenvalue weighted by Crippen LogP contribution is -2.14. The van der Waals surface area contributed by atoms with Crippen LogP contribution in [-0.4, -0.2) is 32.3 Å². The maximum atomic E-state index is 11.9. The summed E-state index contributed by atoms with van der Waals surface area (Å²) in [4.78, 5) is 20.2. The van der Waals surface area contributed by atoms with Gasteiger partial charge in [0.05, 0.1) is 0 Å². The van der Waals surface area contributed by atoms with E-state index in [9.17, 15) is 4.79 Å². The largest absolute Gasteiger partial charge is 0.295 e. The van der Waals surface area contributed by atoms with Crippen molar-refractivity contribution < 1.29 is 4.79 Å². The Hall–Kier alpha value is -1.54. The average molecular weight is 267 g/mol. The Bertz CT molecular complexity index is 528. The fourth-order valence-electron chi connectivity index (χ4n) is 1.14. The number of carbonyl (C=O) groups excluding carboxylic acids is 1. The molecule has 0 bridgehead atoms. The first kappa shape index (κ1) is 11.9. The van der Waals surface area contributed by atoms with Gasteiger partial charge in [0, 0.05) is 5.69 Å². The van der Waals surface area contributed by atoms with Gasteiger partial charge in [0.25, 0.3) is 5.91 Å². The van der Waals surface area contributed by atoms with Crippen LogP contribution >= 0.6 is 23.1 Å². The molecule has 1 N–H and O–H groups in total. The maximum Gasteiger partial charge on any atom is 0.276 e. The van der Waals surface area contributed by atoms with Crippen LogP contribution < -0.4 is 5.32 Å². The Morgan fingerprint density at radius 3 is 2.94 bits per heavy atom. The summed E-state index contributed by atoms with van der Waals surface area (Å²) in [6.45, 7) is 1.82. The lowest BCUT2D eigenvalue weighted by atomic mass is 10.3. The summed E-state index contributed by atoms with van der Waals surface area (Å²) in [5.74, 6) is -0.303. The summed E-state index contributed by atoms with van der Waals surface area (Å²) in [6.07, 6.45) is 1.86. The highest BCUT2D eigenvalue weighted by atomic mass is 32.2. The SMILES string of the molecule is CSc1nc(C)cc(C(=O)Nc2nncs2)n1. The molecule has 6 nitrogen and oxygen atoms in total. The molecule has 0 aliphatic heterocycles. The Morgan fingerprint density at radius 2 is 2.29 bits per heavy atom. The molecule has 0 radical (unpaired) electrons. The first-order chi connectivity index (χ1) is 8.19. The average Bonchev–Trinajstić information content (AvgIpc) is 2.81. The molecular formula is C9H9N5OS2. The molecule has 0 atom stereocenters. The molecule has 2 aromatic rings. The van der Waals surface area contributed by atoms with Gasteiger partial charge < -0.3 is 0 Å². The first-order valence-electron chi connectivity index (χ1n) is 4.66. The summed E-state index contributed by atoms with van der Waals surface area (Å²) in [5.41, 5.74) is 2.64. The van der Waals surface area contributed by atoms with Crippen LogP contribution in [0.1, 0.15) is 16.2 Å². The van der Waals surface area contributed by atoms with Crippen molar-refractivity contribution in [3.8, 4) is 0 Å². The van der Waals surface area contributed by atoms with Crippen molar-refractivity contribution in [3.05, 3.63) is 23.0 Å². The van der Waals surface area contributed by atoms with E-state index in [1.54, 1.807) is 11.6 Å². The second kappa shape index (κ2) is 5.19. The van der Waals surface area contributed by atoms with E-state index in [1.165, 1.54) is 23.1 Å². The third-order valence-corrected chi connectivity index (χ3v) is 2.98. The minimum Gasteiger partial charge on any atom is -0.295 e. The van der Waals surface area contributed by atoms with Crippen LogP contribution in [-0.2, 0) is 0 Å². The van der Waals surface area contributed by atoms with E-state index in [0.717, 1.165) is 5.69 Å². The fourth-order valence-corrected chi connectivity index (χ4v) is 2.00. The van der Waals surface area contributed by atoms with Crippen LogP contribution in [0, 0.1) is 6.92 Å². The lowest BCUT2D eigenvalue weighted by Gasteiger charge is -2.03. The molecule has 0 aliphatic rings. The summed E-state index contributed by atoms with van der Waals surface area (Å²) < 4.78 is 0. The van der Waals surface area contributed by atoms with Crippen LogP contribution in [0.3, 0.4) is 0 Å². The van der Waals surface area contributed by atoms with Crippen molar-refractivity contribution in [2.45, 2.75) is 12.1 Å². The topological polar surface area (TPSA) is 80.7 Å². The van der Waals surface area contributed by atoms with E-state index < -0.39 is 0 Å². The molecule has 1 amide bonds. The predicted octanol–water partition coefficient (Wildman–Crippen LogP) is 1.61. The molecule has 0 fully saturated rings. The number of carbonyl (C=O) groups is 1. The number of rotatable bonds is 3. The minimum atomic E-state index is -0.303. The highest BCUT2D eigenvalue weighted by Crippen LogP contribution is 2.13. The second-order valence-corrected chi connectivity index (χ2v) is 4.69. The van der Waals surface area contributed by atoms with Crippen molar-refractivity contribution in [2.24, 2.45) is 0 Å². The molecule has 0 saturated carbocycles. The number of hydrogen-bond donors (Lipinski definition) is 1. The number of aromatic nitrogens is 4. The van der Waals surface area contributed by atoms with E-state index in [4.69, 9.17) is 0 Å². The van der Waals surface area contributed by atoms with Crippen LogP contribution in [0.4, 0.5) is 5.13 Å². The number of thioether (sulfide) groups is 1. The summed E-state index contributed by atoms with van der Waals surface area (Å²) in [5, 5.41) is 11.0. The van der Waals surface area contributed by atoms with Crippen LogP contribution in [0.25, 0.3) is 0 Å². The van der Waals surface area contributed by atoms with Crippen molar-refractivity contribution >= 4 is 34.1 Å². The molecule has 88 valence electrons. The summed E-state index contributed by atoms with van der Waals surface area (Å²) in [6, 6.07) is 1.64. The second-order valence-electron chi connectivity index (χ2n) is 3.08. The Morgan fingerprint density at radius 1 is 1.47 bits per heavy atom. The van der Waals surface area contributed by atoms with Gasteiger partial charge in [-0.05, 0) is 19.2 Å².